The molecule has 8 aromatic carbocycles. The number of pyridine rings is 1. The van der Waals surface area contributed by atoms with Gasteiger partial charge < -0.3 is 19.4 Å². The molecule has 0 spiro atoms. The summed E-state index contributed by atoms with van der Waals surface area (Å²) in [6.07, 6.45) is 1.80. The van der Waals surface area contributed by atoms with E-state index in [1.54, 1.807) is 6.20 Å². The molecule has 66 heavy (non-hydrogen) atoms. The Bertz CT molecular complexity index is 2940. The van der Waals surface area contributed by atoms with Gasteiger partial charge in [0.1, 0.15) is 5.82 Å². The minimum atomic E-state index is -0.272. The van der Waals surface area contributed by atoms with Gasteiger partial charge in [0.05, 0.1) is 0 Å². The first-order valence-corrected chi connectivity index (χ1v) is 22.1. The molecule has 2 heterocycles. The maximum absolute atomic E-state index is 6.78. The van der Waals surface area contributed by atoms with Gasteiger partial charge in [0, 0.05) is 72.3 Å². The molecule has 0 unspecified atom stereocenters. The molecule has 1 aliphatic rings. The first-order valence-electron chi connectivity index (χ1n) is 22.1. The quantitative estimate of drug-likeness (QED) is 0.114. The Kier molecular flexibility index (Phi) is 12.5. The van der Waals surface area contributed by atoms with Gasteiger partial charge in [0.25, 0.3) is 0 Å². The van der Waals surface area contributed by atoms with Crippen molar-refractivity contribution in [3.63, 3.8) is 0 Å². The van der Waals surface area contributed by atoms with Crippen LogP contribution in [0.25, 0.3) is 11.1 Å². The standard InChI is InChI=1S/C60H49N4O.Pt/c1-59(2,46-24-11-6-12-25-46)48-38-49(60(3,4)47-26-13-7-14-27-47)40-53(39-48)63-43-62(56-32-17-18-33-57(56)63)52-36-45(44-22-9-5-10-23-44)37-55(42-52)65-54-31-21-30-51(41-54)64(50-28-15-8-16-29-50)58-34-19-20-35-61-58;/h5-40,43H,1-4H3;/q-3;. The molecule has 0 amide bonds. The van der Waals surface area contributed by atoms with E-state index in [2.05, 4.69) is 213 Å². The summed E-state index contributed by atoms with van der Waals surface area (Å²) in [4.78, 5) is 11.3. The van der Waals surface area contributed by atoms with Gasteiger partial charge in [-0.1, -0.05) is 167 Å². The molecule has 0 radical (unpaired) electrons. The third-order valence-corrected chi connectivity index (χ3v) is 12.6. The number of para-hydroxylation sites is 3. The summed E-state index contributed by atoms with van der Waals surface area (Å²) in [5.74, 6) is 1.91. The van der Waals surface area contributed by atoms with Crippen molar-refractivity contribution < 1.29 is 25.8 Å². The van der Waals surface area contributed by atoms with Gasteiger partial charge in [-0.2, -0.15) is 6.07 Å². The van der Waals surface area contributed by atoms with E-state index in [4.69, 9.17) is 9.72 Å². The zero-order chi connectivity index (χ0) is 44.4. The number of nitrogens with zero attached hydrogens (tertiary/aromatic N) is 4. The molecule has 10 rings (SSSR count). The minimum Gasteiger partial charge on any atom is -0.509 e. The molecule has 0 fully saturated rings. The van der Waals surface area contributed by atoms with Crippen LogP contribution in [-0.2, 0) is 31.9 Å². The molecule has 0 saturated heterocycles. The van der Waals surface area contributed by atoms with Crippen LogP contribution in [0.4, 0.5) is 39.9 Å². The van der Waals surface area contributed by atoms with Crippen LogP contribution in [0.15, 0.2) is 219 Å². The number of benzene rings is 8. The average molecular weight is 1040 g/mol. The summed E-state index contributed by atoms with van der Waals surface area (Å²) in [6, 6.07) is 81.3. The fourth-order valence-electron chi connectivity index (χ4n) is 8.74. The van der Waals surface area contributed by atoms with E-state index in [9.17, 15) is 0 Å². The van der Waals surface area contributed by atoms with Crippen LogP contribution in [0.2, 0.25) is 0 Å². The number of aromatic nitrogens is 1. The summed E-state index contributed by atoms with van der Waals surface area (Å²) in [7, 11) is 0. The normalized spacial score (nSPS) is 12.3. The predicted octanol–water partition coefficient (Wildman–Crippen LogP) is 15.7. The molecule has 328 valence electrons. The number of hydrogen-bond donors (Lipinski definition) is 0. The van der Waals surface area contributed by atoms with Crippen LogP contribution in [0.1, 0.15) is 49.9 Å². The third kappa shape index (κ3) is 8.79. The predicted molar refractivity (Wildman–Crippen MR) is 267 cm³/mol. The summed E-state index contributed by atoms with van der Waals surface area (Å²) in [5.41, 5.74) is 12.4. The van der Waals surface area contributed by atoms with E-state index in [0.29, 0.717) is 11.5 Å². The second-order valence-corrected chi connectivity index (χ2v) is 17.4. The van der Waals surface area contributed by atoms with Crippen molar-refractivity contribution in [2.45, 2.75) is 38.5 Å². The largest absolute Gasteiger partial charge is 0.509 e. The molecule has 1 aromatic heterocycles. The fourth-order valence-corrected chi connectivity index (χ4v) is 8.74. The van der Waals surface area contributed by atoms with E-state index < -0.39 is 0 Å². The number of rotatable bonds is 12. The van der Waals surface area contributed by atoms with Crippen LogP contribution >= 0.6 is 0 Å². The molecular formula is C60H49N4OPt-3. The van der Waals surface area contributed by atoms with Gasteiger partial charge in [-0.25, -0.2) is 4.98 Å². The van der Waals surface area contributed by atoms with Crippen LogP contribution in [0, 0.1) is 18.8 Å². The van der Waals surface area contributed by atoms with Crippen molar-refractivity contribution in [3.05, 3.63) is 260 Å². The van der Waals surface area contributed by atoms with Gasteiger partial charge >= 0.3 is 0 Å². The minimum absolute atomic E-state index is 0. The number of hydrogen-bond acceptors (Lipinski definition) is 5. The molecule has 6 heteroatoms. The number of anilines is 7. The molecule has 0 N–H and O–H groups in total. The Labute approximate surface area is 403 Å². The average Bonchev–Trinajstić information content (AvgIpc) is 3.75. The first kappa shape index (κ1) is 44.0. The summed E-state index contributed by atoms with van der Waals surface area (Å²) >= 11 is 0. The van der Waals surface area contributed by atoms with Gasteiger partial charge in [0.15, 0.2) is 0 Å². The van der Waals surface area contributed by atoms with Crippen LogP contribution in [0.5, 0.6) is 11.5 Å². The molecule has 0 saturated carbocycles. The van der Waals surface area contributed by atoms with E-state index in [0.717, 1.165) is 51.1 Å². The van der Waals surface area contributed by atoms with Gasteiger partial charge in [-0.3, -0.25) is 0 Å². The van der Waals surface area contributed by atoms with Crippen LogP contribution < -0.4 is 19.4 Å². The second-order valence-electron chi connectivity index (χ2n) is 17.4. The topological polar surface area (TPSA) is 31.8 Å². The zero-order valence-corrected chi connectivity index (χ0v) is 39.6. The Balaban J connectivity index is 0.00000548. The maximum Gasteiger partial charge on any atom is 0.135 e. The van der Waals surface area contributed by atoms with E-state index in [-0.39, 0.29) is 31.9 Å². The Morgan fingerprint density at radius 3 is 1.65 bits per heavy atom. The molecule has 0 aliphatic carbocycles. The fraction of sp³-hybridized carbons (Fsp3) is 0.100. The van der Waals surface area contributed by atoms with Crippen molar-refractivity contribution in [3.8, 4) is 22.6 Å². The zero-order valence-electron chi connectivity index (χ0n) is 37.4. The number of ether oxygens (including phenoxy) is 1. The van der Waals surface area contributed by atoms with E-state index >= 15 is 0 Å². The van der Waals surface area contributed by atoms with Gasteiger partial charge in [-0.05, 0) is 76.3 Å². The van der Waals surface area contributed by atoms with E-state index in [1.807, 2.05) is 60.7 Å². The maximum atomic E-state index is 6.78. The third-order valence-electron chi connectivity index (χ3n) is 12.6. The van der Waals surface area contributed by atoms with Crippen molar-refractivity contribution >= 4 is 39.9 Å². The van der Waals surface area contributed by atoms with E-state index in [1.165, 1.54) is 22.3 Å². The SMILES string of the molecule is CC(C)(c1ccccc1)c1cc(N2[CH-]N(c3[c-]c(Oc4[c-]c(N(c5ccccc5)c5ccccn5)ccc4)cc(-c4ccccc4)c3)c3ccccc32)cc(C(C)(C)c2ccccc2)c1.[Pt]. The monoisotopic (exact) mass is 1040 g/mol. The molecule has 5 nitrogen and oxygen atoms in total. The van der Waals surface area contributed by atoms with Crippen molar-refractivity contribution in [1.82, 2.24) is 4.98 Å². The Hall–Kier alpha value is -7.20. The van der Waals surface area contributed by atoms with Crippen molar-refractivity contribution in [1.29, 1.82) is 0 Å². The molecular weight excluding hydrogens is 988 g/mol. The summed E-state index contributed by atoms with van der Waals surface area (Å²) in [5, 5.41) is 0. The molecule has 9 aromatic rings. The summed E-state index contributed by atoms with van der Waals surface area (Å²) < 4.78 is 6.78. The Morgan fingerprint density at radius 2 is 1.05 bits per heavy atom. The van der Waals surface area contributed by atoms with Crippen LogP contribution in [0.3, 0.4) is 0 Å². The molecule has 0 bridgehead atoms. The Morgan fingerprint density at radius 1 is 0.485 bits per heavy atom. The second kappa shape index (κ2) is 18.7. The summed E-state index contributed by atoms with van der Waals surface area (Å²) in [6.45, 7) is 11.5. The smallest absolute Gasteiger partial charge is 0.135 e. The van der Waals surface area contributed by atoms with Gasteiger partial charge in [0.2, 0.25) is 0 Å². The number of fused-ring (bicyclic) bond motifs is 1. The van der Waals surface area contributed by atoms with Crippen molar-refractivity contribution in [2.75, 3.05) is 14.7 Å². The molecule has 0 atom stereocenters. The first-order chi connectivity index (χ1) is 31.7. The van der Waals surface area contributed by atoms with Gasteiger partial charge in [-0.15, -0.1) is 54.3 Å². The van der Waals surface area contributed by atoms with Crippen LogP contribution in [-0.4, -0.2) is 4.98 Å². The van der Waals surface area contributed by atoms with Crippen molar-refractivity contribution in [2.24, 2.45) is 0 Å². The molecule has 1 aliphatic heterocycles.